The van der Waals surface area contributed by atoms with E-state index in [0.717, 1.165) is 36.4 Å². The van der Waals surface area contributed by atoms with Gasteiger partial charge in [0.1, 0.15) is 11.6 Å². The second-order valence-electron chi connectivity index (χ2n) is 7.89. The molecule has 0 radical (unpaired) electrons. The second-order valence-corrected chi connectivity index (χ2v) is 7.89. The lowest BCUT2D eigenvalue weighted by molar-refractivity contribution is -0.117. The fourth-order valence-corrected chi connectivity index (χ4v) is 3.83. The largest absolute Gasteiger partial charge is 0.331 e. The predicted octanol–water partition coefficient (Wildman–Crippen LogP) is 4.81. The van der Waals surface area contributed by atoms with Crippen LogP contribution in [0.4, 0.5) is 30.5 Å². The Labute approximate surface area is 186 Å². The zero-order chi connectivity index (χ0) is 23.2. The first-order chi connectivity index (χ1) is 15.8. The normalized spacial score (nSPS) is 14.3. The number of fused-ring (bicyclic) bond motifs is 1. The number of halogens is 3. The Morgan fingerprint density at radius 1 is 1.09 bits per heavy atom. The fraction of sp³-hybridized carbons (Fsp3) is 0.217. The van der Waals surface area contributed by atoms with Crippen LogP contribution in [-0.4, -0.2) is 32.6 Å². The molecule has 0 unspecified atom stereocenters. The number of hydrogen-bond acceptors (Lipinski definition) is 5. The molecule has 1 aliphatic rings. The number of nitrogens with zero attached hydrogens (tertiary/aromatic N) is 4. The third-order valence-corrected chi connectivity index (χ3v) is 5.51. The summed E-state index contributed by atoms with van der Waals surface area (Å²) in [6.07, 6.45) is 1.18. The van der Waals surface area contributed by atoms with Crippen LogP contribution in [-0.2, 0) is 10.7 Å². The van der Waals surface area contributed by atoms with Crippen molar-refractivity contribution >= 4 is 34.1 Å². The minimum absolute atomic E-state index is 0.0226. The highest BCUT2D eigenvalue weighted by molar-refractivity contribution is 5.99. The van der Waals surface area contributed by atoms with Crippen LogP contribution in [0.5, 0.6) is 0 Å². The number of benzene rings is 2. The molecular weight excluding hydrogens is 433 g/mol. The summed E-state index contributed by atoms with van der Waals surface area (Å²) >= 11 is 0. The molecule has 0 aliphatic carbocycles. The van der Waals surface area contributed by atoms with E-state index in [9.17, 15) is 9.18 Å². The molecule has 0 bridgehead atoms. The van der Waals surface area contributed by atoms with Crippen molar-refractivity contribution in [2.24, 2.45) is 0 Å². The molecule has 5 rings (SSSR count). The SMILES string of the molecule is Cc1cc(Nc2nc(C(F)(F)c3ccc(F)cc3)nc3cc(N4CCCC4=O)ccc23)n[nH]1. The summed E-state index contributed by atoms with van der Waals surface area (Å²) in [5, 5.41) is 10.3. The summed E-state index contributed by atoms with van der Waals surface area (Å²) in [5.74, 6) is -4.43. The molecule has 0 atom stereocenters. The first-order valence-electron chi connectivity index (χ1n) is 10.4. The highest BCUT2D eigenvalue weighted by atomic mass is 19.3. The first-order valence-corrected chi connectivity index (χ1v) is 10.4. The van der Waals surface area contributed by atoms with Gasteiger partial charge in [0.15, 0.2) is 5.82 Å². The monoisotopic (exact) mass is 452 g/mol. The quantitative estimate of drug-likeness (QED) is 0.454. The van der Waals surface area contributed by atoms with Crippen molar-refractivity contribution in [1.82, 2.24) is 20.2 Å². The van der Waals surface area contributed by atoms with Gasteiger partial charge in [0.25, 0.3) is 0 Å². The molecule has 4 aromatic rings. The molecule has 2 N–H and O–H groups in total. The molecule has 7 nitrogen and oxygen atoms in total. The van der Waals surface area contributed by atoms with Gasteiger partial charge in [-0.25, -0.2) is 14.4 Å². The molecule has 0 saturated carbocycles. The van der Waals surface area contributed by atoms with Crippen molar-refractivity contribution in [3.05, 3.63) is 71.4 Å². The van der Waals surface area contributed by atoms with Crippen LogP contribution in [0.3, 0.4) is 0 Å². The van der Waals surface area contributed by atoms with E-state index in [1.165, 1.54) is 0 Å². The molecule has 1 aliphatic heterocycles. The summed E-state index contributed by atoms with van der Waals surface area (Å²) < 4.78 is 44.0. The average Bonchev–Trinajstić information content (AvgIpc) is 3.41. The van der Waals surface area contributed by atoms with Crippen molar-refractivity contribution in [3.8, 4) is 0 Å². The number of aromatic nitrogens is 4. The number of hydrogen-bond donors (Lipinski definition) is 2. The van der Waals surface area contributed by atoms with Crippen LogP contribution >= 0.6 is 0 Å². The van der Waals surface area contributed by atoms with E-state index in [1.54, 1.807) is 29.2 Å². The molecule has 0 spiro atoms. The third-order valence-electron chi connectivity index (χ3n) is 5.51. The third kappa shape index (κ3) is 3.88. The van der Waals surface area contributed by atoms with Crippen molar-refractivity contribution in [2.75, 3.05) is 16.8 Å². The van der Waals surface area contributed by atoms with E-state index in [2.05, 4.69) is 25.5 Å². The van der Waals surface area contributed by atoms with E-state index in [-0.39, 0.29) is 17.2 Å². The Balaban J connectivity index is 1.66. The number of anilines is 3. The minimum atomic E-state index is -3.58. The van der Waals surface area contributed by atoms with Gasteiger partial charge in [0.2, 0.25) is 11.7 Å². The highest BCUT2D eigenvalue weighted by Crippen LogP contribution is 2.37. The zero-order valence-electron chi connectivity index (χ0n) is 17.6. The lowest BCUT2D eigenvalue weighted by atomic mass is 10.1. The number of alkyl halides is 2. The topological polar surface area (TPSA) is 86.8 Å². The number of rotatable bonds is 5. The number of amides is 1. The van der Waals surface area contributed by atoms with Crippen LogP contribution in [0.2, 0.25) is 0 Å². The lowest BCUT2D eigenvalue weighted by Gasteiger charge is -2.19. The molecule has 1 saturated heterocycles. The van der Waals surface area contributed by atoms with Gasteiger partial charge in [-0.3, -0.25) is 9.89 Å². The van der Waals surface area contributed by atoms with Crippen LogP contribution in [0, 0.1) is 12.7 Å². The molecular formula is C23H19F3N6O. The van der Waals surface area contributed by atoms with Gasteiger partial charge in [-0.05, 0) is 55.8 Å². The van der Waals surface area contributed by atoms with Crippen molar-refractivity contribution in [3.63, 3.8) is 0 Å². The Bertz CT molecular complexity index is 1350. The Morgan fingerprint density at radius 2 is 1.88 bits per heavy atom. The fourth-order valence-electron chi connectivity index (χ4n) is 3.83. The zero-order valence-corrected chi connectivity index (χ0v) is 17.6. The van der Waals surface area contributed by atoms with Gasteiger partial charge in [-0.15, -0.1) is 0 Å². The molecule has 3 heterocycles. The Hall–Kier alpha value is -3.95. The standard InChI is InChI=1S/C23H19F3N6O/c1-13-11-19(31-30-13)28-21-17-9-8-16(32-10-2-3-20(32)33)12-18(17)27-22(29-21)23(25,26)14-4-6-15(24)7-5-14/h4-9,11-12H,2-3,10H2,1H3,(H2,27,28,29,30,31). The molecule has 168 valence electrons. The number of carbonyl (C=O) groups is 1. The summed E-state index contributed by atoms with van der Waals surface area (Å²) in [6, 6.07) is 10.7. The highest BCUT2D eigenvalue weighted by Gasteiger charge is 2.38. The number of aromatic amines is 1. The van der Waals surface area contributed by atoms with Crippen LogP contribution in [0.15, 0.2) is 48.5 Å². The maximum Gasteiger partial charge on any atom is 0.331 e. The predicted molar refractivity (Wildman–Crippen MR) is 117 cm³/mol. The Kier molecular flexibility index (Phi) is 4.99. The second kappa shape index (κ2) is 7.88. The molecule has 1 amide bonds. The van der Waals surface area contributed by atoms with E-state index < -0.39 is 23.1 Å². The van der Waals surface area contributed by atoms with Crippen molar-refractivity contribution in [1.29, 1.82) is 0 Å². The molecule has 2 aromatic carbocycles. The van der Waals surface area contributed by atoms with Gasteiger partial charge in [-0.2, -0.15) is 13.9 Å². The van der Waals surface area contributed by atoms with Gasteiger partial charge in [-0.1, -0.05) is 0 Å². The smallest absolute Gasteiger partial charge is 0.323 e. The van der Waals surface area contributed by atoms with Gasteiger partial charge in [0.05, 0.1) is 5.52 Å². The van der Waals surface area contributed by atoms with Crippen LogP contribution in [0.1, 0.15) is 29.9 Å². The van der Waals surface area contributed by atoms with E-state index in [1.807, 2.05) is 6.92 Å². The van der Waals surface area contributed by atoms with E-state index in [4.69, 9.17) is 0 Å². The van der Waals surface area contributed by atoms with Gasteiger partial charge < -0.3 is 10.2 Å². The van der Waals surface area contributed by atoms with Crippen molar-refractivity contribution < 1.29 is 18.0 Å². The summed E-state index contributed by atoms with van der Waals surface area (Å²) in [5.41, 5.74) is 1.17. The van der Waals surface area contributed by atoms with E-state index >= 15 is 8.78 Å². The summed E-state index contributed by atoms with van der Waals surface area (Å²) in [4.78, 5) is 22.1. The number of aryl methyl sites for hydroxylation is 1. The van der Waals surface area contributed by atoms with Gasteiger partial charge in [0, 0.05) is 41.4 Å². The molecule has 10 heteroatoms. The minimum Gasteiger partial charge on any atom is -0.323 e. The Morgan fingerprint density at radius 3 is 2.55 bits per heavy atom. The first kappa shape index (κ1) is 20.9. The maximum absolute atomic E-state index is 15.4. The average molecular weight is 452 g/mol. The maximum atomic E-state index is 15.4. The summed E-state index contributed by atoms with van der Waals surface area (Å²) in [6.45, 7) is 2.37. The number of H-pyrrole nitrogens is 1. The van der Waals surface area contributed by atoms with Crippen LogP contribution < -0.4 is 10.2 Å². The molecule has 1 fully saturated rings. The lowest BCUT2D eigenvalue weighted by Crippen LogP contribution is -2.23. The van der Waals surface area contributed by atoms with Crippen LogP contribution in [0.25, 0.3) is 10.9 Å². The molecule has 2 aromatic heterocycles. The molecule has 33 heavy (non-hydrogen) atoms. The van der Waals surface area contributed by atoms with Crippen molar-refractivity contribution in [2.45, 2.75) is 25.7 Å². The van der Waals surface area contributed by atoms with Gasteiger partial charge >= 0.3 is 5.92 Å². The number of nitrogens with one attached hydrogen (secondary N) is 2. The van der Waals surface area contributed by atoms with E-state index in [0.29, 0.717) is 29.9 Å². The summed E-state index contributed by atoms with van der Waals surface area (Å²) in [7, 11) is 0. The number of carbonyl (C=O) groups excluding carboxylic acids is 1.